The molecule has 0 aliphatic carbocycles. The van der Waals surface area contributed by atoms with E-state index in [-0.39, 0.29) is 12.1 Å². The molecule has 1 fully saturated rings. The maximum Gasteiger partial charge on any atom is 0.410 e. The Morgan fingerprint density at radius 2 is 2.05 bits per heavy atom. The second-order valence-corrected chi connectivity index (χ2v) is 5.26. The predicted octanol–water partition coefficient (Wildman–Crippen LogP) is 4.14. The standard InChI is InChI=1S/C17H19NO3/c19-17(21-13-14-7-2-1-3-8-14)18-11-5-4-9-15(18)16-10-6-12-20-16/h1-3,6-8,10,12,15H,4-5,9,11,13H2. The minimum absolute atomic E-state index is 0.00276. The number of amides is 1. The number of hydrogen-bond acceptors (Lipinski definition) is 3. The van der Waals surface area contributed by atoms with Crippen LogP contribution < -0.4 is 0 Å². The number of carbonyl (C=O) groups is 1. The summed E-state index contributed by atoms with van der Waals surface area (Å²) < 4.78 is 10.9. The van der Waals surface area contributed by atoms with Gasteiger partial charge in [0.05, 0.1) is 12.3 Å². The highest BCUT2D eigenvalue weighted by molar-refractivity contribution is 5.68. The molecule has 1 aliphatic rings. The highest BCUT2D eigenvalue weighted by Crippen LogP contribution is 2.31. The van der Waals surface area contributed by atoms with E-state index in [1.807, 2.05) is 42.5 Å². The molecule has 2 heterocycles. The van der Waals surface area contributed by atoms with Crippen LogP contribution >= 0.6 is 0 Å². The van der Waals surface area contributed by atoms with Gasteiger partial charge < -0.3 is 9.15 Å². The smallest absolute Gasteiger partial charge is 0.410 e. The van der Waals surface area contributed by atoms with E-state index in [1.165, 1.54) is 0 Å². The Morgan fingerprint density at radius 1 is 1.19 bits per heavy atom. The highest BCUT2D eigenvalue weighted by atomic mass is 16.6. The number of likely N-dealkylation sites (tertiary alicyclic amines) is 1. The van der Waals surface area contributed by atoms with Gasteiger partial charge in [0, 0.05) is 6.54 Å². The third-order valence-electron chi connectivity index (χ3n) is 3.81. The lowest BCUT2D eigenvalue weighted by molar-refractivity contribution is 0.0624. The summed E-state index contributed by atoms with van der Waals surface area (Å²) in [5.41, 5.74) is 0.998. The van der Waals surface area contributed by atoms with Crippen LogP contribution in [0.15, 0.2) is 53.1 Å². The molecule has 1 saturated heterocycles. The summed E-state index contributed by atoms with van der Waals surface area (Å²) in [6, 6.07) is 13.5. The van der Waals surface area contributed by atoms with Crippen LogP contribution in [-0.4, -0.2) is 17.5 Å². The van der Waals surface area contributed by atoms with Crippen LogP contribution in [0.5, 0.6) is 0 Å². The van der Waals surface area contributed by atoms with E-state index < -0.39 is 0 Å². The quantitative estimate of drug-likeness (QED) is 0.851. The molecule has 1 amide bonds. The Bertz CT molecular complexity index is 565. The highest BCUT2D eigenvalue weighted by Gasteiger charge is 2.30. The summed E-state index contributed by atoms with van der Waals surface area (Å²) in [4.78, 5) is 14.1. The molecule has 0 spiro atoms. The van der Waals surface area contributed by atoms with Gasteiger partial charge >= 0.3 is 6.09 Å². The SMILES string of the molecule is O=C(OCc1ccccc1)N1CCCCC1c1ccco1. The minimum atomic E-state index is -0.264. The van der Waals surface area contributed by atoms with Crippen LogP contribution in [-0.2, 0) is 11.3 Å². The molecule has 2 aromatic rings. The summed E-state index contributed by atoms with van der Waals surface area (Å²) in [6.45, 7) is 1.03. The van der Waals surface area contributed by atoms with Crippen molar-refractivity contribution >= 4 is 6.09 Å². The zero-order valence-corrected chi connectivity index (χ0v) is 11.9. The Labute approximate surface area is 124 Å². The molecule has 0 saturated carbocycles. The first kappa shape index (κ1) is 13.7. The van der Waals surface area contributed by atoms with Crippen molar-refractivity contribution in [1.82, 2.24) is 4.90 Å². The monoisotopic (exact) mass is 285 g/mol. The molecular formula is C17H19NO3. The lowest BCUT2D eigenvalue weighted by atomic mass is 10.0. The number of benzene rings is 1. The molecular weight excluding hydrogens is 266 g/mol. The maximum atomic E-state index is 12.3. The van der Waals surface area contributed by atoms with Crippen molar-refractivity contribution in [3.63, 3.8) is 0 Å². The zero-order chi connectivity index (χ0) is 14.5. The van der Waals surface area contributed by atoms with Gasteiger partial charge in [-0.15, -0.1) is 0 Å². The van der Waals surface area contributed by atoms with Gasteiger partial charge in [0.25, 0.3) is 0 Å². The van der Waals surface area contributed by atoms with Gasteiger partial charge in [-0.05, 0) is 37.0 Å². The van der Waals surface area contributed by atoms with Crippen molar-refractivity contribution in [2.45, 2.75) is 31.9 Å². The fourth-order valence-electron chi connectivity index (χ4n) is 2.73. The molecule has 0 bridgehead atoms. The molecule has 1 atom stereocenters. The minimum Gasteiger partial charge on any atom is -0.467 e. The topological polar surface area (TPSA) is 42.7 Å². The van der Waals surface area contributed by atoms with Crippen molar-refractivity contribution in [1.29, 1.82) is 0 Å². The summed E-state index contributed by atoms with van der Waals surface area (Å²) >= 11 is 0. The van der Waals surface area contributed by atoms with Crippen LogP contribution in [0, 0.1) is 0 Å². The van der Waals surface area contributed by atoms with Crippen LogP contribution in [0.4, 0.5) is 4.79 Å². The van der Waals surface area contributed by atoms with E-state index in [9.17, 15) is 4.79 Å². The fraction of sp³-hybridized carbons (Fsp3) is 0.353. The van der Waals surface area contributed by atoms with E-state index in [1.54, 1.807) is 11.2 Å². The van der Waals surface area contributed by atoms with E-state index in [0.29, 0.717) is 6.61 Å². The first-order valence-corrected chi connectivity index (χ1v) is 7.35. The Morgan fingerprint density at radius 3 is 2.81 bits per heavy atom. The first-order chi connectivity index (χ1) is 10.3. The molecule has 110 valence electrons. The van der Waals surface area contributed by atoms with Gasteiger partial charge in [-0.2, -0.15) is 0 Å². The van der Waals surface area contributed by atoms with Crippen molar-refractivity contribution < 1.29 is 13.9 Å². The lowest BCUT2D eigenvalue weighted by Gasteiger charge is -2.33. The van der Waals surface area contributed by atoms with Crippen molar-refractivity contribution in [3.05, 3.63) is 60.1 Å². The van der Waals surface area contributed by atoms with Crippen LogP contribution in [0.1, 0.15) is 36.6 Å². The number of carbonyl (C=O) groups excluding carboxylic acids is 1. The average molecular weight is 285 g/mol. The number of piperidine rings is 1. The number of furan rings is 1. The number of nitrogens with zero attached hydrogens (tertiary/aromatic N) is 1. The fourth-order valence-corrected chi connectivity index (χ4v) is 2.73. The molecule has 0 N–H and O–H groups in total. The number of hydrogen-bond donors (Lipinski definition) is 0. The lowest BCUT2D eigenvalue weighted by Crippen LogP contribution is -2.38. The van der Waals surface area contributed by atoms with E-state index in [0.717, 1.165) is 37.1 Å². The second-order valence-electron chi connectivity index (χ2n) is 5.26. The Kier molecular flexibility index (Phi) is 4.24. The normalized spacial score (nSPS) is 18.5. The third kappa shape index (κ3) is 3.27. The van der Waals surface area contributed by atoms with Crippen LogP contribution in [0.2, 0.25) is 0 Å². The largest absolute Gasteiger partial charge is 0.467 e. The number of rotatable bonds is 3. The molecule has 4 heteroatoms. The van der Waals surface area contributed by atoms with Crippen molar-refractivity contribution in [2.75, 3.05) is 6.54 Å². The van der Waals surface area contributed by atoms with Crippen molar-refractivity contribution in [2.24, 2.45) is 0 Å². The summed E-state index contributed by atoms with van der Waals surface area (Å²) in [5, 5.41) is 0. The third-order valence-corrected chi connectivity index (χ3v) is 3.81. The van der Waals surface area contributed by atoms with Crippen LogP contribution in [0.25, 0.3) is 0 Å². The molecule has 1 aliphatic heterocycles. The first-order valence-electron chi connectivity index (χ1n) is 7.35. The van der Waals surface area contributed by atoms with Crippen LogP contribution in [0.3, 0.4) is 0 Å². The molecule has 1 unspecified atom stereocenters. The van der Waals surface area contributed by atoms with Gasteiger partial charge in [0.1, 0.15) is 12.4 Å². The summed E-state index contributed by atoms with van der Waals surface area (Å²) in [7, 11) is 0. The summed E-state index contributed by atoms with van der Waals surface area (Å²) in [5.74, 6) is 0.839. The predicted molar refractivity (Wildman–Crippen MR) is 78.6 cm³/mol. The van der Waals surface area contributed by atoms with Gasteiger partial charge in [0.15, 0.2) is 0 Å². The Hall–Kier alpha value is -2.23. The van der Waals surface area contributed by atoms with E-state index in [4.69, 9.17) is 9.15 Å². The maximum absolute atomic E-state index is 12.3. The molecule has 0 radical (unpaired) electrons. The van der Waals surface area contributed by atoms with Crippen molar-refractivity contribution in [3.8, 4) is 0 Å². The van der Waals surface area contributed by atoms with Gasteiger partial charge in [-0.25, -0.2) is 4.79 Å². The second kappa shape index (κ2) is 6.48. The molecule has 21 heavy (non-hydrogen) atoms. The van der Waals surface area contributed by atoms with Gasteiger partial charge in [-0.3, -0.25) is 4.90 Å². The van der Waals surface area contributed by atoms with E-state index in [2.05, 4.69) is 0 Å². The zero-order valence-electron chi connectivity index (χ0n) is 11.9. The Balaban J connectivity index is 1.64. The van der Waals surface area contributed by atoms with E-state index >= 15 is 0 Å². The van der Waals surface area contributed by atoms with Gasteiger partial charge in [-0.1, -0.05) is 30.3 Å². The average Bonchev–Trinajstić information content (AvgIpc) is 3.08. The van der Waals surface area contributed by atoms with Gasteiger partial charge in [0.2, 0.25) is 0 Å². The molecule has 1 aromatic carbocycles. The molecule has 3 rings (SSSR count). The molecule has 4 nitrogen and oxygen atoms in total. The molecule has 1 aromatic heterocycles. The summed E-state index contributed by atoms with van der Waals surface area (Å²) in [6.07, 6.45) is 4.43. The number of ether oxygens (including phenoxy) is 1.